The Morgan fingerprint density at radius 2 is 1.66 bits per heavy atom. The van der Waals surface area contributed by atoms with Crippen LogP contribution in [0, 0.1) is 6.07 Å². The van der Waals surface area contributed by atoms with Gasteiger partial charge in [-0.2, -0.15) is 0 Å². The predicted octanol–water partition coefficient (Wildman–Crippen LogP) is 1.44. The van der Waals surface area contributed by atoms with Crippen LogP contribution in [0.2, 0.25) is 38.8 Å². The van der Waals surface area contributed by atoms with Crippen molar-refractivity contribution in [3.05, 3.63) is 76.5 Å². The Hall–Kier alpha value is -0.223. The van der Waals surface area contributed by atoms with E-state index in [1.54, 1.807) is 5.20 Å². The Morgan fingerprint density at radius 1 is 0.969 bits per heavy atom. The fraction of sp³-hybridized carbons (Fsp3) is 0.385. The first kappa shape index (κ1) is 29.8. The first-order valence-corrected chi connectivity index (χ1v) is 17.5. The van der Waals surface area contributed by atoms with Crippen LogP contribution in [-0.4, -0.2) is 23.0 Å². The summed E-state index contributed by atoms with van der Waals surface area (Å²) >= 11 is 0. The van der Waals surface area contributed by atoms with Crippen LogP contribution in [0.1, 0.15) is 36.0 Å². The molecular weight excluding hydrogens is 547 g/mol. The van der Waals surface area contributed by atoms with Crippen molar-refractivity contribution in [1.29, 1.82) is 0 Å². The van der Waals surface area contributed by atoms with E-state index < -0.39 is 16.4 Å². The molecule has 32 heavy (non-hydrogen) atoms. The smallest absolute Gasteiger partial charge is 1.00 e. The number of fused-ring (bicyclic) bond motifs is 3. The van der Waals surface area contributed by atoms with E-state index >= 15 is 0 Å². The second-order valence-electron chi connectivity index (χ2n) is 10.1. The molecule has 1 radical (unpaired) electrons. The largest absolute Gasteiger partial charge is 3.00 e. The summed E-state index contributed by atoms with van der Waals surface area (Å²) < 4.78 is 6.20. The number of halogens is 2. The molecule has 2 aromatic carbocycles. The Kier molecular flexibility index (Phi) is 10.7. The molecule has 2 aromatic rings. The molecule has 1 unspecified atom stereocenters. The number of hydrogen-bond donors (Lipinski definition) is 0. The maximum absolute atomic E-state index is 6.20. The van der Waals surface area contributed by atoms with Crippen molar-refractivity contribution < 1.29 is 55.4 Å². The quantitative estimate of drug-likeness (QED) is 0.372. The van der Waals surface area contributed by atoms with E-state index in [2.05, 4.69) is 94.3 Å². The molecule has 4 rings (SSSR count). The van der Waals surface area contributed by atoms with Gasteiger partial charge in [0.2, 0.25) is 0 Å². The Balaban J connectivity index is 0.00000171. The summed E-state index contributed by atoms with van der Waals surface area (Å²) in [7, 11) is -3.00. The predicted molar refractivity (Wildman–Crippen MR) is 130 cm³/mol. The van der Waals surface area contributed by atoms with Crippen LogP contribution in [0.4, 0.5) is 0 Å². The molecule has 0 aromatic heterocycles. The van der Waals surface area contributed by atoms with Gasteiger partial charge in [-0.1, -0.05) is 72.8 Å². The molecule has 2 aliphatic carbocycles. The summed E-state index contributed by atoms with van der Waals surface area (Å²) in [6.07, 6.45) is 5.78. The standard InChI is InChI=1S/C26H33OSi2.2ClH.Zr/c1-19-21-10-7-8-11-23(21)24-15-14-20(18-25(19)24)22-12-9-13-26(22)29(5,6)17-16-27-28(2,3)4;;;/h7-11,13-15,19H,12,16-17H2,1-6H3;2*1H;/q-1;;;+3/p-2. The van der Waals surface area contributed by atoms with Crippen molar-refractivity contribution >= 4 is 22.0 Å². The van der Waals surface area contributed by atoms with Crippen LogP contribution >= 0.6 is 0 Å². The van der Waals surface area contributed by atoms with Crippen LogP contribution in [-0.2, 0) is 30.6 Å². The molecule has 0 bridgehead atoms. The molecule has 0 heterocycles. The molecule has 0 aliphatic heterocycles. The van der Waals surface area contributed by atoms with Crippen LogP contribution in [0.25, 0.3) is 16.7 Å². The number of hydrogen-bond acceptors (Lipinski definition) is 1. The van der Waals surface area contributed by atoms with E-state index in [4.69, 9.17) is 4.43 Å². The molecule has 0 spiro atoms. The molecule has 6 heteroatoms. The van der Waals surface area contributed by atoms with Crippen molar-refractivity contribution in [3.8, 4) is 11.1 Å². The first-order chi connectivity index (χ1) is 13.7. The Bertz CT molecular complexity index is 1010. The first-order valence-electron chi connectivity index (χ1n) is 10.9. The van der Waals surface area contributed by atoms with Gasteiger partial charge in [0.1, 0.15) is 0 Å². The molecule has 1 atom stereocenters. The van der Waals surface area contributed by atoms with Crippen LogP contribution < -0.4 is 24.8 Å². The van der Waals surface area contributed by atoms with Gasteiger partial charge in [0, 0.05) is 6.61 Å². The van der Waals surface area contributed by atoms with Crippen molar-refractivity contribution in [1.82, 2.24) is 0 Å². The van der Waals surface area contributed by atoms with Crippen LogP contribution in [0.15, 0.2) is 53.7 Å². The third kappa shape index (κ3) is 6.06. The molecule has 2 aliphatic rings. The van der Waals surface area contributed by atoms with Gasteiger partial charge < -0.3 is 29.2 Å². The normalized spacial score (nSPS) is 16.6. The molecule has 0 saturated carbocycles. The van der Waals surface area contributed by atoms with Crippen molar-refractivity contribution in [3.63, 3.8) is 0 Å². The average molecular weight is 580 g/mol. The molecule has 0 saturated heterocycles. The summed E-state index contributed by atoms with van der Waals surface area (Å²) in [4.78, 5) is 0. The van der Waals surface area contributed by atoms with Gasteiger partial charge in [-0.3, -0.25) is 0 Å². The Morgan fingerprint density at radius 3 is 2.34 bits per heavy atom. The molecule has 0 amide bonds. The second-order valence-corrected chi connectivity index (χ2v) is 19.4. The van der Waals surface area contributed by atoms with Gasteiger partial charge in [0.15, 0.2) is 8.32 Å². The summed E-state index contributed by atoms with van der Waals surface area (Å²) in [5.74, 6) is 0.426. The van der Waals surface area contributed by atoms with Gasteiger partial charge in [-0.05, 0) is 43.6 Å². The van der Waals surface area contributed by atoms with Gasteiger partial charge in [-0.25, -0.2) is 0 Å². The minimum atomic E-state index is -1.55. The summed E-state index contributed by atoms with van der Waals surface area (Å²) in [6, 6.07) is 18.5. The zero-order valence-electron chi connectivity index (χ0n) is 20.0. The monoisotopic (exact) mass is 577 g/mol. The second kappa shape index (κ2) is 11.5. The number of benzene rings is 2. The fourth-order valence-corrected chi connectivity index (χ4v) is 8.10. The van der Waals surface area contributed by atoms with Gasteiger partial charge in [0.25, 0.3) is 0 Å². The third-order valence-electron chi connectivity index (χ3n) is 6.37. The molecule has 169 valence electrons. The van der Waals surface area contributed by atoms with Crippen molar-refractivity contribution in [2.45, 2.75) is 58.0 Å². The SMILES string of the molecule is CC1c2[c-]c(C3=C([Si](C)(C)CCO[Si](C)(C)C)C=CC3)ccc2-c2ccccc21.[Cl-].[Cl-].[Zr+3]. The maximum Gasteiger partial charge on any atom is 3.00 e. The van der Waals surface area contributed by atoms with Gasteiger partial charge in [0.05, 0.1) is 8.07 Å². The average Bonchev–Trinajstić information content (AvgIpc) is 3.25. The zero-order valence-corrected chi connectivity index (χ0v) is 26.0. The fourth-order valence-electron chi connectivity index (χ4n) is 4.68. The minimum Gasteiger partial charge on any atom is -1.00 e. The van der Waals surface area contributed by atoms with Gasteiger partial charge in [-0.15, -0.1) is 34.9 Å². The van der Waals surface area contributed by atoms with E-state index in [1.807, 2.05) is 0 Å². The van der Waals surface area contributed by atoms with Crippen LogP contribution in [0.5, 0.6) is 0 Å². The van der Waals surface area contributed by atoms with E-state index in [0.29, 0.717) is 5.92 Å². The minimum absolute atomic E-state index is 0. The zero-order chi connectivity index (χ0) is 20.8. The van der Waals surface area contributed by atoms with Gasteiger partial charge >= 0.3 is 26.2 Å². The molecule has 1 nitrogen and oxygen atoms in total. The summed E-state index contributed by atoms with van der Waals surface area (Å²) in [5.41, 5.74) is 8.35. The molecule has 0 N–H and O–H groups in total. The number of allylic oxidation sites excluding steroid dienone is 4. The van der Waals surface area contributed by atoms with E-state index in [1.165, 1.54) is 39.4 Å². The van der Waals surface area contributed by atoms with E-state index in [0.717, 1.165) is 13.0 Å². The Labute approximate surface area is 228 Å². The van der Waals surface area contributed by atoms with Crippen molar-refractivity contribution in [2.24, 2.45) is 0 Å². The molecule has 0 fully saturated rings. The topological polar surface area (TPSA) is 9.23 Å². The maximum atomic E-state index is 6.20. The number of rotatable bonds is 6. The van der Waals surface area contributed by atoms with Crippen LogP contribution in [0.3, 0.4) is 0 Å². The summed E-state index contributed by atoms with van der Waals surface area (Å²) in [5, 5.41) is 1.59. The third-order valence-corrected chi connectivity index (χ3v) is 10.8. The van der Waals surface area contributed by atoms with Crippen molar-refractivity contribution in [2.75, 3.05) is 6.61 Å². The summed E-state index contributed by atoms with van der Waals surface area (Å²) in [6.45, 7) is 15.1. The molecular formula is C26H33Cl2OSi2Zr. The van der Waals surface area contributed by atoms with E-state index in [9.17, 15) is 0 Å². The van der Waals surface area contributed by atoms with E-state index in [-0.39, 0.29) is 51.0 Å².